The van der Waals surface area contributed by atoms with Crippen LogP contribution in [0, 0.1) is 0 Å². The van der Waals surface area contributed by atoms with E-state index < -0.39 is 0 Å². The topological polar surface area (TPSA) is 100 Å². The molecule has 0 saturated heterocycles. The van der Waals surface area contributed by atoms with E-state index in [9.17, 15) is 9.59 Å². The highest BCUT2D eigenvalue weighted by Crippen LogP contribution is 2.18. The zero-order valence-corrected chi connectivity index (χ0v) is 55.9. The van der Waals surface area contributed by atoms with Crippen LogP contribution in [0.5, 0.6) is 0 Å². The second-order valence-corrected chi connectivity index (χ2v) is 24.7. The van der Waals surface area contributed by atoms with Crippen molar-refractivity contribution in [3.05, 3.63) is 0 Å². The molecule has 0 aromatic carbocycles. The number of hydrogen-bond donors (Lipinski definition) is 2. The molecule has 1 aliphatic rings. The van der Waals surface area contributed by atoms with Gasteiger partial charge in [-0.15, -0.1) is 0 Å². The average Bonchev–Trinajstić information content (AvgIpc) is 4.01. The van der Waals surface area contributed by atoms with E-state index in [1.165, 1.54) is 321 Å². The summed E-state index contributed by atoms with van der Waals surface area (Å²) in [4.78, 5) is 32.9. The van der Waals surface area contributed by atoms with Gasteiger partial charge in [0.2, 0.25) is 11.8 Å². The van der Waals surface area contributed by atoms with Crippen LogP contribution in [0.3, 0.4) is 0 Å². The molecule has 0 aliphatic carbocycles. The Labute approximate surface area is 502 Å². The third-order valence-corrected chi connectivity index (χ3v) is 16.8. The molecule has 0 unspecified atom stereocenters. The summed E-state index contributed by atoms with van der Waals surface area (Å²) < 4.78 is 5.05. The van der Waals surface area contributed by atoms with Gasteiger partial charge in [0.25, 0.3) is 0 Å². The van der Waals surface area contributed by atoms with Gasteiger partial charge in [-0.25, -0.2) is 0 Å². The number of nitrogens with zero attached hydrogens (tertiary/aromatic N) is 3. The lowest BCUT2D eigenvalue weighted by molar-refractivity contribution is -0.131. The largest absolute Gasteiger partial charge is 0.479 e. The Morgan fingerprint density at radius 1 is 0.412 bits per heavy atom. The number of unbranched alkanes of at least 4 members (excludes halogenated alkanes) is 44. The fourth-order valence-electron chi connectivity index (χ4n) is 11.2. The van der Waals surface area contributed by atoms with Crippen molar-refractivity contribution in [2.75, 3.05) is 52.4 Å². The first kappa shape index (κ1) is 80.4. The minimum atomic E-state index is 0.0597. The van der Waals surface area contributed by atoms with Crippen molar-refractivity contribution < 1.29 is 14.3 Å². The van der Waals surface area contributed by atoms with Crippen LogP contribution in [0.4, 0.5) is 0 Å². The molecule has 1 aliphatic heterocycles. The molecular weight excluding hydrogens is 983 g/mol. The Bertz CT molecular complexity index is 1180. The first-order chi connectivity index (χ1) is 39.3. The van der Waals surface area contributed by atoms with Crippen molar-refractivity contribution in [1.29, 1.82) is 0 Å². The second-order valence-electron chi connectivity index (χ2n) is 24.7. The fourth-order valence-corrected chi connectivity index (χ4v) is 11.2. The highest BCUT2D eigenvalue weighted by molar-refractivity contribution is 5.77. The van der Waals surface area contributed by atoms with E-state index in [1.807, 2.05) is 25.7 Å². The summed E-state index contributed by atoms with van der Waals surface area (Å²) in [6.07, 6.45) is 72.1. The third kappa shape index (κ3) is 63.9. The lowest BCUT2D eigenvalue weighted by atomic mass is 10.00. The molecule has 1 rings (SSSR count). The Kier molecular flexibility index (Phi) is 70.2. The van der Waals surface area contributed by atoms with E-state index in [1.54, 1.807) is 0 Å². The van der Waals surface area contributed by atoms with Gasteiger partial charge >= 0.3 is 0 Å². The summed E-state index contributed by atoms with van der Waals surface area (Å²) in [5.74, 6) is 1.17. The number of amides is 2. The Hall–Kier alpha value is -1.67. The van der Waals surface area contributed by atoms with E-state index in [-0.39, 0.29) is 11.8 Å². The van der Waals surface area contributed by atoms with Crippen LogP contribution in [0.25, 0.3) is 0 Å². The van der Waals surface area contributed by atoms with Gasteiger partial charge in [0.05, 0.1) is 6.54 Å². The van der Waals surface area contributed by atoms with Gasteiger partial charge in [-0.3, -0.25) is 14.6 Å². The van der Waals surface area contributed by atoms with Crippen molar-refractivity contribution >= 4 is 17.7 Å². The number of rotatable bonds is 61. The zero-order chi connectivity index (χ0) is 58.7. The maximum absolute atomic E-state index is 12.6. The van der Waals surface area contributed by atoms with Crippen molar-refractivity contribution in [2.24, 2.45) is 10.7 Å². The number of carbonyl (C=O) groups is 2. The predicted octanol–water partition coefficient (Wildman–Crippen LogP) is 21.8. The lowest BCUT2D eigenvalue weighted by Crippen LogP contribution is -2.42. The van der Waals surface area contributed by atoms with Gasteiger partial charge in [0, 0.05) is 51.5 Å². The molecule has 0 radical (unpaired) electrons. The van der Waals surface area contributed by atoms with Crippen LogP contribution in [0.15, 0.2) is 4.99 Å². The highest BCUT2D eigenvalue weighted by atomic mass is 16.5. The monoisotopic (exact) mass is 1130 g/mol. The van der Waals surface area contributed by atoms with E-state index in [2.05, 4.69) is 42.9 Å². The molecule has 80 heavy (non-hydrogen) atoms. The number of nitrogens with one attached hydrogen (secondary N) is 1. The third-order valence-electron chi connectivity index (χ3n) is 16.8. The summed E-state index contributed by atoms with van der Waals surface area (Å²) in [5.41, 5.74) is 6.33. The molecule has 0 aromatic heterocycles. The molecule has 0 fully saturated rings. The number of hydrogen-bond acceptors (Lipinski definition) is 6. The molecule has 0 spiro atoms. The summed E-state index contributed by atoms with van der Waals surface area (Å²) in [6.45, 7) is 21.9. The molecule has 0 bridgehead atoms. The van der Waals surface area contributed by atoms with E-state index >= 15 is 0 Å². The fraction of sp³-hybridized carbons (Fsp3) is 0.958. The van der Waals surface area contributed by atoms with Gasteiger partial charge in [0.15, 0.2) is 5.90 Å². The Balaban J connectivity index is 0. The van der Waals surface area contributed by atoms with Crippen LogP contribution in [0.2, 0.25) is 0 Å². The predicted molar refractivity (Wildman–Crippen MR) is 357 cm³/mol. The summed E-state index contributed by atoms with van der Waals surface area (Å²) in [7, 11) is 0. The molecule has 478 valence electrons. The van der Waals surface area contributed by atoms with E-state index in [0.29, 0.717) is 32.0 Å². The molecule has 8 heteroatoms. The molecule has 0 aromatic rings. The minimum absolute atomic E-state index is 0.0597. The van der Waals surface area contributed by atoms with Crippen molar-refractivity contribution in [1.82, 2.24) is 15.1 Å². The Morgan fingerprint density at radius 2 is 0.725 bits per heavy atom. The van der Waals surface area contributed by atoms with Gasteiger partial charge < -0.3 is 25.6 Å². The molecular formula is C72H147N5O3. The lowest BCUT2D eigenvalue weighted by Gasteiger charge is -2.28. The first-order valence-corrected chi connectivity index (χ1v) is 36.5. The van der Waals surface area contributed by atoms with Crippen LogP contribution < -0.4 is 11.1 Å². The van der Waals surface area contributed by atoms with Crippen LogP contribution in [-0.2, 0) is 14.3 Å². The number of nitrogens with two attached hydrogens (primary N) is 1. The summed E-state index contributed by atoms with van der Waals surface area (Å²) in [6, 6.07) is 0.469. The van der Waals surface area contributed by atoms with Crippen LogP contribution in [-0.4, -0.2) is 86.0 Å². The SMILES string of the molecule is CCC1=NCCO1.CCCCCCCCCCCCCCC(N)CCCCCCCCCCCCCC.CCCCCCCCCCCCCCN(CCCCCCCCCCCCCC)CCN(CCNC(=O)CC)C(=O)CC. The van der Waals surface area contributed by atoms with Gasteiger partial charge in [-0.1, -0.05) is 344 Å². The number of ether oxygens (including phenoxy) is 1. The van der Waals surface area contributed by atoms with Gasteiger partial charge in [0.1, 0.15) is 6.61 Å². The first-order valence-electron chi connectivity index (χ1n) is 36.5. The quantitative estimate of drug-likeness (QED) is 0.0591. The van der Waals surface area contributed by atoms with Crippen molar-refractivity contribution in [3.63, 3.8) is 0 Å². The van der Waals surface area contributed by atoms with Crippen molar-refractivity contribution in [2.45, 2.75) is 395 Å². The van der Waals surface area contributed by atoms with E-state index in [4.69, 9.17) is 10.5 Å². The highest BCUT2D eigenvalue weighted by Gasteiger charge is 2.14. The molecule has 0 atom stereocenters. The number of carbonyl (C=O) groups excluding carboxylic acids is 2. The summed E-state index contributed by atoms with van der Waals surface area (Å²) in [5, 5.41) is 2.94. The minimum Gasteiger partial charge on any atom is -0.479 e. The van der Waals surface area contributed by atoms with Crippen LogP contribution >= 0.6 is 0 Å². The maximum atomic E-state index is 12.6. The molecule has 0 saturated carbocycles. The van der Waals surface area contributed by atoms with Gasteiger partial charge in [-0.05, 0) is 38.8 Å². The smallest absolute Gasteiger partial charge is 0.222 e. The maximum Gasteiger partial charge on any atom is 0.222 e. The van der Waals surface area contributed by atoms with Crippen molar-refractivity contribution in [3.8, 4) is 0 Å². The zero-order valence-electron chi connectivity index (χ0n) is 55.9. The van der Waals surface area contributed by atoms with Gasteiger partial charge in [-0.2, -0.15) is 0 Å². The number of aliphatic imine (C=N–C) groups is 1. The van der Waals surface area contributed by atoms with Crippen LogP contribution in [0.1, 0.15) is 389 Å². The molecule has 2 amide bonds. The average molecular weight is 1130 g/mol. The standard InChI is InChI=1S/C38H77N3O2.C29H61N.C5H9NO/c1-5-9-11-13-15-17-19-21-23-25-27-29-32-40(33-30-28-26-24-22-20-18-16-14-12-10-6-2)35-36-41(38(43)8-4)34-31-39-37(42)7-3;1-3-5-7-9-11-13-15-17-19-21-23-25-27-29(30)28-26-24-22-20-18-16-14-12-10-8-6-4-2;1-2-5-6-3-4-7-5/h5-36H2,1-4H3,(H,39,42);29H,3-28,30H2,1-2H3;2-4H2,1H3. The molecule has 8 nitrogen and oxygen atoms in total. The molecule has 3 N–H and O–H groups in total. The van der Waals surface area contributed by atoms with E-state index in [0.717, 1.165) is 51.6 Å². The second kappa shape index (κ2) is 69.8. The normalized spacial score (nSPS) is 12.1. The summed E-state index contributed by atoms with van der Waals surface area (Å²) >= 11 is 0. The Morgan fingerprint density at radius 3 is 0.988 bits per heavy atom. The molecule has 1 heterocycles.